The zero-order valence-corrected chi connectivity index (χ0v) is 11.1. The van der Waals surface area contributed by atoms with Gasteiger partial charge in [0.15, 0.2) is 0 Å². The van der Waals surface area contributed by atoms with Gasteiger partial charge in [-0.25, -0.2) is 4.98 Å². The Morgan fingerprint density at radius 1 is 1.37 bits per heavy atom. The van der Waals surface area contributed by atoms with E-state index in [-0.39, 0.29) is 5.84 Å². The van der Waals surface area contributed by atoms with Crippen LogP contribution in [0.4, 0.5) is 5.69 Å². The summed E-state index contributed by atoms with van der Waals surface area (Å²) in [4.78, 5) is 6.22. The van der Waals surface area contributed by atoms with Crippen LogP contribution in [0.15, 0.2) is 43.0 Å². The molecule has 2 aromatic rings. The normalized spacial score (nSPS) is 10.4. The smallest absolute Gasteiger partial charge is 0.122 e. The molecule has 0 spiro atoms. The molecule has 0 unspecified atom stereocenters. The molecule has 5 heteroatoms. The maximum absolute atomic E-state index is 7.36. The zero-order chi connectivity index (χ0) is 13.7. The Labute approximate surface area is 113 Å². The van der Waals surface area contributed by atoms with Gasteiger partial charge in [-0.15, -0.1) is 0 Å². The molecule has 1 aromatic heterocycles. The second-order valence-corrected chi connectivity index (χ2v) is 4.54. The Morgan fingerprint density at radius 2 is 2.11 bits per heavy atom. The number of aryl methyl sites for hydroxylation is 1. The van der Waals surface area contributed by atoms with Crippen LogP contribution in [0.3, 0.4) is 0 Å². The van der Waals surface area contributed by atoms with Crippen LogP contribution in [0, 0.1) is 5.41 Å². The SMILES string of the molecule is CN(CCCn1ccnc1)c1ccc(C(=N)N)cc1. The number of nitrogen functional groups attached to an aromatic ring is 1. The summed E-state index contributed by atoms with van der Waals surface area (Å²) in [5.41, 5.74) is 7.33. The fourth-order valence-corrected chi connectivity index (χ4v) is 1.93. The minimum Gasteiger partial charge on any atom is -0.384 e. The van der Waals surface area contributed by atoms with Crippen LogP contribution in [-0.2, 0) is 6.54 Å². The molecular formula is C14H19N5. The van der Waals surface area contributed by atoms with Gasteiger partial charge in [0.05, 0.1) is 6.33 Å². The van der Waals surface area contributed by atoms with E-state index in [9.17, 15) is 0 Å². The fraction of sp³-hybridized carbons (Fsp3) is 0.286. The number of hydrogen-bond acceptors (Lipinski definition) is 3. The van der Waals surface area contributed by atoms with Crippen LogP contribution < -0.4 is 10.6 Å². The number of rotatable bonds is 6. The van der Waals surface area contributed by atoms with Gasteiger partial charge in [-0.2, -0.15) is 0 Å². The second kappa shape index (κ2) is 6.04. The Kier molecular flexibility index (Phi) is 4.18. The first-order chi connectivity index (χ1) is 9.16. The van der Waals surface area contributed by atoms with Gasteiger partial charge in [0.1, 0.15) is 5.84 Å². The molecule has 0 atom stereocenters. The molecule has 3 N–H and O–H groups in total. The third-order valence-corrected chi connectivity index (χ3v) is 3.09. The largest absolute Gasteiger partial charge is 0.384 e. The molecule has 1 heterocycles. The van der Waals surface area contributed by atoms with E-state index < -0.39 is 0 Å². The average Bonchev–Trinajstić information content (AvgIpc) is 2.92. The van der Waals surface area contributed by atoms with Crippen molar-refractivity contribution in [2.75, 3.05) is 18.5 Å². The molecule has 100 valence electrons. The van der Waals surface area contributed by atoms with Gasteiger partial charge >= 0.3 is 0 Å². The third kappa shape index (κ3) is 3.58. The number of benzene rings is 1. The van der Waals surface area contributed by atoms with Gasteiger partial charge in [-0.1, -0.05) is 0 Å². The quantitative estimate of drug-likeness (QED) is 0.611. The van der Waals surface area contributed by atoms with Crippen LogP contribution in [0.5, 0.6) is 0 Å². The van der Waals surface area contributed by atoms with Crippen molar-refractivity contribution in [3.8, 4) is 0 Å². The lowest BCUT2D eigenvalue weighted by Gasteiger charge is -2.19. The number of nitrogens with zero attached hydrogens (tertiary/aromatic N) is 3. The lowest BCUT2D eigenvalue weighted by molar-refractivity contribution is 0.637. The summed E-state index contributed by atoms with van der Waals surface area (Å²) in [7, 11) is 2.07. The number of nitrogens with two attached hydrogens (primary N) is 1. The monoisotopic (exact) mass is 257 g/mol. The summed E-state index contributed by atoms with van der Waals surface area (Å²) in [5.74, 6) is 0.106. The number of anilines is 1. The molecule has 0 radical (unpaired) electrons. The topological polar surface area (TPSA) is 70.9 Å². The summed E-state index contributed by atoms with van der Waals surface area (Å²) in [6, 6.07) is 7.75. The molecular weight excluding hydrogens is 238 g/mol. The zero-order valence-electron chi connectivity index (χ0n) is 11.1. The highest BCUT2D eigenvalue weighted by molar-refractivity contribution is 5.95. The van der Waals surface area contributed by atoms with Crippen molar-refractivity contribution in [3.63, 3.8) is 0 Å². The fourth-order valence-electron chi connectivity index (χ4n) is 1.93. The summed E-state index contributed by atoms with van der Waals surface area (Å²) in [5, 5.41) is 7.36. The van der Waals surface area contributed by atoms with Crippen molar-refractivity contribution in [1.82, 2.24) is 9.55 Å². The second-order valence-electron chi connectivity index (χ2n) is 4.54. The van der Waals surface area contributed by atoms with Crippen LogP contribution in [-0.4, -0.2) is 29.0 Å². The highest BCUT2D eigenvalue weighted by Crippen LogP contribution is 2.14. The van der Waals surface area contributed by atoms with Crippen molar-refractivity contribution >= 4 is 11.5 Å². The molecule has 0 amide bonds. The van der Waals surface area contributed by atoms with Gasteiger partial charge < -0.3 is 15.2 Å². The minimum atomic E-state index is 0.106. The van der Waals surface area contributed by atoms with Crippen molar-refractivity contribution in [3.05, 3.63) is 48.5 Å². The molecule has 0 aliphatic heterocycles. The highest BCUT2D eigenvalue weighted by atomic mass is 15.1. The predicted molar refractivity (Wildman–Crippen MR) is 77.6 cm³/mol. The van der Waals surface area contributed by atoms with Gasteiger partial charge in [0.2, 0.25) is 0 Å². The maximum atomic E-state index is 7.36. The van der Waals surface area contributed by atoms with Gasteiger partial charge in [-0.3, -0.25) is 5.41 Å². The molecule has 0 aliphatic rings. The Hall–Kier alpha value is -2.30. The van der Waals surface area contributed by atoms with E-state index in [1.165, 1.54) is 0 Å². The van der Waals surface area contributed by atoms with E-state index >= 15 is 0 Å². The summed E-state index contributed by atoms with van der Waals surface area (Å²) in [6.45, 7) is 1.94. The first-order valence-corrected chi connectivity index (χ1v) is 6.28. The van der Waals surface area contributed by atoms with Crippen molar-refractivity contribution in [1.29, 1.82) is 5.41 Å². The minimum absolute atomic E-state index is 0.106. The highest BCUT2D eigenvalue weighted by Gasteiger charge is 2.02. The van der Waals surface area contributed by atoms with Crippen molar-refractivity contribution in [2.45, 2.75) is 13.0 Å². The predicted octanol–water partition coefficient (Wildman–Crippen LogP) is 1.69. The summed E-state index contributed by atoms with van der Waals surface area (Å²) in [6.07, 6.45) is 6.66. The summed E-state index contributed by atoms with van der Waals surface area (Å²) >= 11 is 0. The molecule has 19 heavy (non-hydrogen) atoms. The van der Waals surface area contributed by atoms with E-state index in [0.29, 0.717) is 0 Å². The molecule has 2 rings (SSSR count). The van der Waals surface area contributed by atoms with Crippen molar-refractivity contribution < 1.29 is 0 Å². The number of nitrogens with one attached hydrogen (secondary N) is 1. The van der Waals surface area contributed by atoms with Crippen LogP contribution in [0.2, 0.25) is 0 Å². The molecule has 0 saturated carbocycles. The number of amidine groups is 1. The molecule has 0 bridgehead atoms. The molecule has 1 aromatic carbocycles. The lowest BCUT2D eigenvalue weighted by Crippen LogP contribution is -2.20. The number of imidazole rings is 1. The third-order valence-electron chi connectivity index (χ3n) is 3.09. The first kappa shape index (κ1) is 13.1. The van der Waals surface area contributed by atoms with Gasteiger partial charge in [-0.05, 0) is 30.7 Å². The molecule has 0 saturated heterocycles. The van der Waals surface area contributed by atoms with E-state index in [0.717, 1.165) is 30.8 Å². The van der Waals surface area contributed by atoms with Crippen molar-refractivity contribution in [2.24, 2.45) is 5.73 Å². The Balaban J connectivity index is 1.85. The Bertz CT molecular complexity index is 515. The van der Waals surface area contributed by atoms with Crippen LogP contribution in [0.1, 0.15) is 12.0 Å². The molecule has 0 aliphatic carbocycles. The van der Waals surface area contributed by atoms with E-state index in [1.54, 1.807) is 6.20 Å². The number of hydrogen-bond donors (Lipinski definition) is 2. The molecule has 0 fully saturated rings. The summed E-state index contributed by atoms with van der Waals surface area (Å²) < 4.78 is 2.08. The van der Waals surface area contributed by atoms with E-state index in [2.05, 4.69) is 21.5 Å². The Morgan fingerprint density at radius 3 is 2.68 bits per heavy atom. The van der Waals surface area contributed by atoms with Gasteiger partial charge in [0.25, 0.3) is 0 Å². The van der Waals surface area contributed by atoms with E-state index in [4.69, 9.17) is 11.1 Å². The average molecular weight is 257 g/mol. The standard InChI is InChI=1S/C14H19N5/c1-18(8-2-9-19-10-7-17-11-19)13-5-3-12(4-6-13)14(15)16/h3-7,10-11H,2,8-9H2,1H3,(H3,15,16). The lowest BCUT2D eigenvalue weighted by atomic mass is 10.2. The van der Waals surface area contributed by atoms with E-state index in [1.807, 2.05) is 36.8 Å². The van der Waals surface area contributed by atoms with Crippen LogP contribution in [0.25, 0.3) is 0 Å². The number of aromatic nitrogens is 2. The van der Waals surface area contributed by atoms with Gasteiger partial charge in [0, 0.05) is 43.8 Å². The first-order valence-electron chi connectivity index (χ1n) is 6.28. The molecule has 5 nitrogen and oxygen atoms in total. The maximum Gasteiger partial charge on any atom is 0.122 e. The van der Waals surface area contributed by atoms with Crippen LogP contribution >= 0.6 is 0 Å².